The molecule has 2 aromatic rings. The van der Waals surface area contributed by atoms with Crippen molar-refractivity contribution in [2.45, 2.75) is 37.5 Å². The van der Waals surface area contributed by atoms with Crippen LogP contribution in [0, 0.1) is 6.92 Å². The average Bonchev–Trinajstić information content (AvgIpc) is 3.08. The topological polar surface area (TPSA) is 111 Å². The second kappa shape index (κ2) is 10.4. The van der Waals surface area contributed by atoms with Gasteiger partial charge in [0, 0.05) is 31.3 Å². The molecule has 2 aliphatic rings. The molecule has 34 heavy (non-hydrogen) atoms. The number of hydrogen-bond donors (Lipinski definition) is 1. The first kappa shape index (κ1) is 24.0. The second-order valence-corrected chi connectivity index (χ2v) is 10.2. The molecule has 1 fully saturated rings. The molecule has 2 aliphatic heterocycles. The van der Waals surface area contributed by atoms with Crippen LogP contribution in [-0.4, -0.2) is 57.5 Å². The van der Waals surface area contributed by atoms with E-state index in [4.69, 9.17) is 14.2 Å². The predicted octanol–water partition coefficient (Wildman–Crippen LogP) is 3.13. The van der Waals surface area contributed by atoms with E-state index in [0.717, 1.165) is 25.7 Å². The van der Waals surface area contributed by atoms with E-state index < -0.39 is 28.5 Å². The van der Waals surface area contributed by atoms with Crippen LogP contribution in [-0.2, 0) is 19.6 Å². The number of nitrogens with zero attached hydrogens (tertiary/aromatic N) is 1. The van der Waals surface area contributed by atoms with Crippen molar-refractivity contribution in [2.75, 3.05) is 38.2 Å². The molecule has 10 heteroatoms. The number of benzene rings is 2. The van der Waals surface area contributed by atoms with Gasteiger partial charge in [-0.2, -0.15) is 4.31 Å². The van der Waals surface area contributed by atoms with Crippen LogP contribution in [0.1, 0.15) is 41.6 Å². The van der Waals surface area contributed by atoms with Gasteiger partial charge in [-0.1, -0.05) is 12.5 Å². The normalized spacial score (nSPS) is 16.4. The highest BCUT2D eigenvalue weighted by Gasteiger charge is 2.27. The van der Waals surface area contributed by atoms with Crippen molar-refractivity contribution >= 4 is 27.6 Å². The third-order valence-corrected chi connectivity index (χ3v) is 7.64. The van der Waals surface area contributed by atoms with Gasteiger partial charge in [0.25, 0.3) is 5.91 Å². The summed E-state index contributed by atoms with van der Waals surface area (Å²) < 4.78 is 43.7. The molecule has 0 bridgehead atoms. The van der Waals surface area contributed by atoms with Crippen LogP contribution < -0.4 is 14.8 Å². The highest BCUT2D eigenvalue weighted by molar-refractivity contribution is 7.89. The number of carbonyl (C=O) groups excluding carboxylic acids is 2. The van der Waals surface area contributed by atoms with Crippen LogP contribution in [0.4, 0.5) is 5.69 Å². The van der Waals surface area contributed by atoms with Crippen LogP contribution >= 0.6 is 0 Å². The number of carbonyl (C=O) groups is 2. The third kappa shape index (κ3) is 5.51. The van der Waals surface area contributed by atoms with Gasteiger partial charge in [-0.3, -0.25) is 4.79 Å². The fraction of sp³-hybridized carbons (Fsp3) is 0.417. The van der Waals surface area contributed by atoms with Crippen LogP contribution in [0.3, 0.4) is 0 Å². The van der Waals surface area contributed by atoms with Crippen LogP contribution in [0.25, 0.3) is 0 Å². The summed E-state index contributed by atoms with van der Waals surface area (Å²) >= 11 is 0. The molecule has 0 aliphatic carbocycles. The lowest BCUT2D eigenvalue weighted by molar-refractivity contribution is -0.119. The molecule has 9 nitrogen and oxygen atoms in total. The van der Waals surface area contributed by atoms with E-state index in [1.807, 2.05) is 0 Å². The van der Waals surface area contributed by atoms with E-state index in [-0.39, 0.29) is 10.5 Å². The minimum atomic E-state index is -3.69. The maximum atomic E-state index is 13.0. The van der Waals surface area contributed by atoms with E-state index in [1.165, 1.54) is 16.4 Å². The van der Waals surface area contributed by atoms with Gasteiger partial charge >= 0.3 is 5.97 Å². The molecule has 0 aromatic heterocycles. The van der Waals surface area contributed by atoms with Crippen molar-refractivity contribution in [3.63, 3.8) is 0 Å². The fourth-order valence-electron chi connectivity index (χ4n) is 3.88. The Kier molecular flexibility index (Phi) is 7.38. The zero-order valence-electron chi connectivity index (χ0n) is 19.0. The summed E-state index contributed by atoms with van der Waals surface area (Å²) in [7, 11) is -3.69. The Morgan fingerprint density at radius 2 is 1.71 bits per heavy atom. The van der Waals surface area contributed by atoms with Gasteiger partial charge in [-0.05, 0) is 49.6 Å². The summed E-state index contributed by atoms with van der Waals surface area (Å²) in [6.07, 6.45) is 3.41. The summed E-state index contributed by atoms with van der Waals surface area (Å²) in [4.78, 5) is 25.0. The number of aryl methyl sites for hydroxylation is 1. The van der Waals surface area contributed by atoms with Gasteiger partial charge in [0.15, 0.2) is 18.1 Å². The Labute approximate surface area is 199 Å². The lowest BCUT2D eigenvalue weighted by atomic mass is 10.1. The molecule has 2 aromatic carbocycles. The SMILES string of the molecule is Cc1ccc(S(=O)(=O)N2CCCCC2)cc1C(=O)OCC(=O)Nc1ccc2c(c1)OCCCO2. The van der Waals surface area contributed by atoms with Crippen LogP contribution in [0.5, 0.6) is 11.5 Å². The molecule has 1 amide bonds. The van der Waals surface area contributed by atoms with Crippen molar-refractivity contribution < 1.29 is 32.2 Å². The predicted molar refractivity (Wildman–Crippen MR) is 125 cm³/mol. The van der Waals surface area contributed by atoms with Gasteiger partial charge in [0.2, 0.25) is 10.0 Å². The minimum Gasteiger partial charge on any atom is -0.490 e. The van der Waals surface area contributed by atoms with Gasteiger partial charge in [-0.15, -0.1) is 0 Å². The van der Waals surface area contributed by atoms with E-state index in [1.54, 1.807) is 31.2 Å². The van der Waals surface area contributed by atoms with Gasteiger partial charge in [0.05, 0.1) is 23.7 Å². The number of nitrogens with one attached hydrogen (secondary N) is 1. The Morgan fingerprint density at radius 1 is 0.971 bits per heavy atom. The molecule has 182 valence electrons. The Morgan fingerprint density at radius 3 is 2.47 bits per heavy atom. The first-order chi connectivity index (χ1) is 16.3. The van der Waals surface area contributed by atoms with Crippen molar-refractivity contribution in [3.8, 4) is 11.5 Å². The monoisotopic (exact) mass is 488 g/mol. The lowest BCUT2D eigenvalue weighted by Gasteiger charge is -2.26. The smallest absolute Gasteiger partial charge is 0.338 e. The van der Waals surface area contributed by atoms with Crippen molar-refractivity contribution in [1.29, 1.82) is 0 Å². The Bertz CT molecular complexity index is 1170. The number of hydrogen-bond acceptors (Lipinski definition) is 7. The number of esters is 1. The minimum absolute atomic E-state index is 0.0450. The van der Waals surface area contributed by atoms with Crippen molar-refractivity contribution in [3.05, 3.63) is 47.5 Å². The number of ether oxygens (including phenoxy) is 3. The van der Waals surface area contributed by atoms with Gasteiger partial charge in [-0.25, -0.2) is 13.2 Å². The number of rotatable bonds is 6. The first-order valence-corrected chi connectivity index (χ1v) is 12.8. The van der Waals surface area contributed by atoms with Gasteiger partial charge < -0.3 is 19.5 Å². The Balaban J connectivity index is 1.39. The summed E-state index contributed by atoms with van der Waals surface area (Å²) in [5.74, 6) is -0.147. The van der Waals surface area contributed by atoms with E-state index >= 15 is 0 Å². The van der Waals surface area contributed by atoms with E-state index in [2.05, 4.69) is 5.32 Å². The molecule has 1 N–H and O–H groups in total. The molecule has 0 saturated carbocycles. The Hall–Kier alpha value is -3.11. The average molecular weight is 489 g/mol. The molecule has 0 spiro atoms. The summed E-state index contributed by atoms with van der Waals surface area (Å²) in [6, 6.07) is 9.42. The quantitative estimate of drug-likeness (QED) is 0.622. The fourth-order valence-corrected chi connectivity index (χ4v) is 5.43. The summed E-state index contributed by atoms with van der Waals surface area (Å²) in [5, 5.41) is 2.66. The number of anilines is 1. The van der Waals surface area contributed by atoms with Crippen molar-refractivity contribution in [1.82, 2.24) is 4.31 Å². The number of fused-ring (bicyclic) bond motifs is 1. The zero-order valence-corrected chi connectivity index (χ0v) is 19.9. The maximum Gasteiger partial charge on any atom is 0.338 e. The van der Waals surface area contributed by atoms with Gasteiger partial charge in [0.1, 0.15) is 0 Å². The number of sulfonamides is 1. The summed E-state index contributed by atoms with van der Waals surface area (Å²) in [6.45, 7) is 3.19. The molecular weight excluding hydrogens is 460 g/mol. The molecule has 0 radical (unpaired) electrons. The zero-order chi connectivity index (χ0) is 24.1. The van der Waals surface area contributed by atoms with Crippen LogP contribution in [0.2, 0.25) is 0 Å². The van der Waals surface area contributed by atoms with E-state index in [9.17, 15) is 18.0 Å². The highest BCUT2D eigenvalue weighted by Crippen LogP contribution is 2.32. The molecule has 0 unspecified atom stereocenters. The molecule has 4 rings (SSSR count). The molecule has 0 atom stereocenters. The maximum absolute atomic E-state index is 13.0. The van der Waals surface area contributed by atoms with Crippen molar-refractivity contribution in [2.24, 2.45) is 0 Å². The molecule has 2 heterocycles. The third-order valence-electron chi connectivity index (χ3n) is 5.75. The standard InChI is InChI=1S/C24H28N2O7S/c1-17-6-8-19(34(29,30)26-10-3-2-4-11-26)15-20(17)24(28)33-16-23(27)25-18-7-9-21-22(14-18)32-13-5-12-31-21/h6-9,14-15H,2-5,10-13,16H2,1H3,(H,25,27). The summed E-state index contributed by atoms with van der Waals surface area (Å²) in [5.41, 5.74) is 1.16. The van der Waals surface area contributed by atoms with Crippen LogP contribution in [0.15, 0.2) is 41.3 Å². The highest BCUT2D eigenvalue weighted by atomic mass is 32.2. The number of piperidine rings is 1. The lowest BCUT2D eigenvalue weighted by Crippen LogP contribution is -2.35. The number of amides is 1. The second-order valence-electron chi connectivity index (χ2n) is 8.28. The largest absolute Gasteiger partial charge is 0.490 e. The first-order valence-electron chi connectivity index (χ1n) is 11.3. The molecular formula is C24H28N2O7S. The van der Waals surface area contributed by atoms with E-state index in [0.29, 0.717) is 49.1 Å². The molecule has 1 saturated heterocycles.